The van der Waals surface area contributed by atoms with Crippen molar-refractivity contribution in [2.45, 2.75) is 19.1 Å². The number of morpholine rings is 1. The van der Waals surface area contributed by atoms with E-state index in [2.05, 4.69) is 0 Å². The van der Waals surface area contributed by atoms with Crippen LogP contribution in [0.1, 0.15) is 17.3 Å². The number of amides is 1. The number of nitrogens with zero attached hydrogens (tertiary/aromatic N) is 1. The molecule has 1 aliphatic rings. The Balaban J connectivity index is 2.14. The molecule has 1 saturated heterocycles. The Kier molecular flexibility index (Phi) is 4.68. The largest absolute Gasteiger partial charge is 0.373 e. The second-order valence-electron chi connectivity index (χ2n) is 4.68. The van der Waals surface area contributed by atoms with Gasteiger partial charge in [0, 0.05) is 34.7 Å². The van der Waals surface area contributed by atoms with Crippen molar-refractivity contribution in [1.82, 2.24) is 4.90 Å². The van der Waals surface area contributed by atoms with Gasteiger partial charge >= 0.3 is 0 Å². The van der Waals surface area contributed by atoms with Crippen LogP contribution in [0.3, 0.4) is 0 Å². The summed E-state index contributed by atoms with van der Waals surface area (Å²) in [6, 6.07) is 4.72. The van der Waals surface area contributed by atoms with Crippen LogP contribution in [0.25, 0.3) is 0 Å². The zero-order valence-corrected chi connectivity index (χ0v) is 12.1. The second kappa shape index (κ2) is 6.09. The molecule has 6 heteroatoms. The van der Waals surface area contributed by atoms with Crippen molar-refractivity contribution in [2.24, 2.45) is 5.73 Å². The molecule has 0 bridgehead atoms. The van der Waals surface area contributed by atoms with Crippen molar-refractivity contribution < 1.29 is 9.53 Å². The Hall–Kier alpha value is -0.810. The molecule has 0 aromatic heterocycles. The number of ether oxygens (including phenoxy) is 1. The number of nitrogens with two attached hydrogens (primary N) is 1. The molecule has 2 atom stereocenters. The van der Waals surface area contributed by atoms with Crippen LogP contribution in [-0.2, 0) is 4.74 Å². The summed E-state index contributed by atoms with van der Waals surface area (Å²) in [4.78, 5) is 14.1. The van der Waals surface area contributed by atoms with Gasteiger partial charge in [0.2, 0.25) is 0 Å². The van der Waals surface area contributed by atoms with Gasteiger partial charge in [-0.3, -0.25) is 4.79 Å². The summed E-state index contributed by atoms with van der Waals surface area (Å²) in [7, 11) is 0. The topological polar surface area (TPSA) is 55.6 Å². The summed E-state index contributed by atoms with van der Waals surface area (Å²) >= 11 is 11.8. The van der Waals surface area contributed by atoms with Gasteiger partial charge in [0.1, 0.15) is 0 Å². The van der Waals surface area contributed by atoms with Gasteiger partial charge < -0.3 is 15.4 Å². The molecule has 1 fully saturated rings. The summed E-state index contributed by atoms with van der Waals surface area (Å²) in [5.41, 5.74) is 6.30. The van der Waals surface area contributed by atoms with Gasteiger partial charge in [-0.05, 0) is 25.1 Å². The quantitative estimate of drug-likeness (QED) is 0.911. The van der Waals surface area contributed by atoms with Gasteiger partial charge in [-0.2, -0.15) is 0 Å². The number of hydrogen-bond donors (Lipinski definition) is 1. The lowest BCUT2D eigenvalue weighted by Gasteiger charge is -2.34. The summed E-state index contributed by atoms with van der Waals surface area (Å²) in [5, 5.41) is 0.903. The van der Waals surface area contributed by atoms with Gasteiger partial charge in [0.15, 0.2) is 0 Å². The van der Waals surface area contributed by atoms with Gasteiger partial charge in [-0.15, -0.1) is 0 Å². The van der Waals surface area contributed by atoms with Gasteiger partial charge in [0.25, 0.3) is 5.91 Å². The van der Waals surface area contributed by atoms with Crippen molar-refractivity contribution in [2.75, 3.05) is 19.7 Å². The molecular weight excluding hydrogens is 287 g/mol. The Morgan fingerprint density at radius 3 is 2.63 bits per heavy atom. The number of halogens is 2. The van der Waals surface area contributed by atoms with E-state index in [1.807, 2.05) is 6.92 Å². The first-order chi connectivity index (χ1) is 8.97. The van der Waals surface area contributed by atoms with Crippen LogP contribution in [0.4, 0.5) is 0 Å². The molecule has 1 heterocycles. The highest BCUT2D eigenvalue weighted by molar-refractivity contribution is 6.35. The lowest BCUT2D eigenvalue weighted by molar-refractivity contribution is -0.0300. The molecule has 1 aromatic carbocycles. The summed E-state index contributed by atoms with van der Waals surface area (Å²) in [6.45, 7) is 3.40. The molecule has 0 radical (unpaired) electrons. The monoisotopic (exact) mass is 302 g/mol. The fraction of sp³-hybridized carbons (Fsp3) is 0.462. The highest BCUT2D eigenvalue weighted by Crippen LogP contribution is 2.21. The molecule has 104 valence electrons. The Labute approximate surface area is 122 Å². The molecule has 1 aliphatic heterocycles. The van der Waals surface area contributed by atoms with Crippen molar-refractivity contribution in [3.63, 3.8) is 0 Å². The predicted molar refractivity (Wildman–Crippen MR) is 75.8 cm³/mol. The van der Waals surface area contributed by atoms with Crippen LogP contribution in [0, 0.1) is 0 Å². The zero-order valence-electron chi connectivity index (χ0n) is 10.6. The standard InChI is InChI=1S/C13H16Cl2N2O2/c1-8(16)12-7-17(2-3-19-12)13(18)9-4-10(14)6-11(15)5-9/h4-6,8,12H,2-3,7,16H2,1H3. The van der Waals surface area contributed by atoms with Crippen LogP contribution in [0.5, 0.6) is 0 Å². The van der Waals surface area contributed by atoms with Crippen LogP contribution >= 0.6 is 23.2 Å². The maximum absolute atomic E-state index is 12.4. The van der Waals surface area contributed by atoms with Crippen LogP contribution in [0.15, 0.2) is 18.2 Å². The number of carbonyl (C=O) groups is 1. The number of carbonyl (C=O) groups excluding carboxylic acids is 1. The molecule has 0 aliphatic carbocycles. The van der Waals surface area contributed by atoms with E-state index in [1.54, 1.807) is 23.1 Å². The lowest BCUT2D eigenvalue weighted by atomic mass is 10.1. The van der Waals surface area contributed by atoms with E-state index in [0.717, 1.165) is 0 Å². The van der Waals surface area contributed by atoms with Gasteiger partial charge in [-0.25, -0.2) is 0 Å². The molecular formula is C13H16Cl2N2O2. The van der Waals surface area contributed by atoms with Gasteiger partial charge in [-0.1, -0.05) is 23.2 Å². The normalized spacial score (nSPS) is 21.3. The number of benzene rings is 1. The average Bonchev–Trinajstić information content (AvgIpc) is 2.37. The number of rotatable bonds is 2. The van der Waals surface area contributed by atoms with E-state index in [-0.39, 0.29) is 18.1 Å². The minimum absolute atomic E-state index is 0.0987. The highest BCUT2D eigenvalue weighted by Gasteiger charge is 2.27. The van der Waals surface area contributed by atoms with E-state index < -0.39 is 0 Å². The Morgan fingerprint density at radius 2 is 2.05 bits per heavy atom. The molecule has 2 rings (SSSR count). The fourth-order valence-electron chi connectivity index (χ4n) is 2.04. The molecule has 19 heavy (non-hydrogen) atoms. The maximum Gasteiger partial charge on any atom is 0.254 e. The lowest BCUT2D eigenvalue weighted by Crippen LogP contribution is -2.51. The first-order valence-electron chi connectivity index (χ1n) is 6.10. The van der Waals surface area contributed by atoms with E-state index in [1.165, 1.54) is 0 Å². The van der Waals surface area contributed by atoms with Gasteiger partial charge in [0.05, 0.1) is 12.7 Å². The smallest absolute Gasteiger partial charge is 0.254 e. The third kappa shape index (κ3) is 3.60. The first-order valence-corrected chi connectivity index (χ1v) is 6.85. The number of hydrogen-bond acceptors (Lipinski definition) is 3. The first kappa shape index (κ1) is 14.6. The maximum atomic E-state index is 12.4. The molecule has 0 spiro atoms. The molecule has 0 saturated carbocycles. The summed E-state index contributed by atoms with van der Waals surface area (Å²) in [5.74, 6) is -0.0987. The summed E-state index contributed by atoms with van der Waals surface area (Å²) < 4.78 is 5.53. The predicted octanol–water partition coefficient (Wildman–Crippen LogP) is 2.18. The average molecular weight is 303 g/mol. The van der Waals surface area contributed by atoms with E-state index >= 15 is 0 Å². The van der Waals surface area contributed by atoms with Crippen LogP contribution < -0.4 is 5.73 Å². The van der Waals surface area contributed by atoms with Crippen molar-refractivity contribution in [1.29, 1.82) is 0 Å². The van der Waals surface area contributed by atoms with E-state index in [9.17, 15) is 4.79 Å². The van der Waals surface area contributed by atoms with Crippen molar-refractivity contribution in [3.8, 4) is 0 Å². The van der Waals surface area contributed by atoms with Crippen LogP contribution in [-0.4, -0.2) is 42.6 Å². The second-order valence-corrected chi connectivity index (χ2v) is 5.55. The minimum Gasteiger partial charge on any atom is -0.373 e. The molecule has 2 unspecified atom stereocenters. The Bertz CT molecular complexity index is 459. The Morgan fingerprint density at radius 1 is 1.42 bits per heavy atom. The SMILES string of the molecule is CC(N)C1CN(C(=O)c2cc(Cl)cc(Cl)c2)CCO1. The van der Waals surface area contributed by atoms with Crippen LogP contribution in [0.2, 0.25) is 10.0 Å². The molecule has 4 nitrogen and oxygen atoms in total. The molecule has 1 amide bonds. The fourth-order valence-corrected chi connectivity index (χ4v) is 2.56. The highest BCUT2D eigenvalue weighted by atomic mass is 35.5. The summed E-state index contributed by atoms with van der Waals surface area (Å²) in [6.07, 6.45) is -0.132. The third-order valence-corrected chi connectivity index (χ3v) is 3.51. The van der Waals surface area contributed by atoms with Crippen molar-refractivity contribution in [3.05, 3.63) is 33.8 Å². The van der Waals surface area contributed by atoms with Crippen molar-refractivity contribution >= 4 is 29.1 Å². The molecule has 1 aromatic rings. The molecule has 2 N–H and O–H groups in total. The zero-order chi connectivity index (χ0) is 14.0. The van der Waals surface area contributed by atoms with E-state index in [0.29, 0.717) is 35.3 Å². The minimum atomic E-state index is -0.132. The van der Waals surface area contributed by atoms with E-state index in [4.69, 9.17) is 33.7 Å². The third-order valence-electron chi connectivity index (χ3n) is 3.08.